The van der Waals surface area contributed by atoms with Crippen molar-refractivity contribution in [1.29, 1.82) is 0 Å². The van der Waals surface area contributed by atoms with E-state index >= 15 is 0 Å². The van der Waals surface area contributed by atoms with Gasteiger partial charge in [0.1, 0.15) is 0 Å². The van der Waals surface area contributed by atoms with Crippen LogP contribution >= 0.6 is 0 Å². The van der Waals surface area contributed by atoms with Crippen molar-refractivity contribution in [2.45, 2.75) is 52.0 Å². The van der Waals surface area contributed by atoms with Crippen molar-refractivity contribution in [3.8, 4) is 0 Å². The molecule has 17 heavy (non-hydrogen) atoms. The van der Waals surface area contributed by atoms with Gasteiger partial charge in [0.05, 0.1) is 0 Å². The maximum atomic E-state index is 3.67. The lowest BCUT2D eigenvalue weighted by Gasteiger charge is -2.18. The molecule has 0 amide bonds. The van der Waals surface area contributed by atoms with E-state index in [1.807, 2.05) is 0 Å². The van der Waals surface area contributed by atoms with Crippen LogP contribution in [-0.4, -0.2) is 6.54 Å². The molecule has 0 spiro atoms. The Balaban J connectivity index is 1.77. The molecule has 0 radical (unpaired) electrons. The third-order valence-electron chi connectivity index (χ3n) is 4.13. The quantitative estimate of drug-likeness (QED) is 0.800. The molecule has 1 saturated carbocycles. The fourth-order valence-electron chi connectivity index (χ4n) is 2.99. The summed E-state index contributed by atoms with van der Waals surface area (Å²) in [5.41, 5.74) is 2.84. The standard InChI is InChI=1S/C16H25N/c1-13-7-3-6-10-16(13)14(2)17-12-11-15-8-4-5-9-15/h3,6-7,10,14-15,17H,4-5,8-9,11-12H2,1-2H3. The molecule has 1 aliphatic rings. The summed E-state index contributed by atoms with van der Waals surface area (Å²) in [5, 5.41) is 3.67. The number of aryl methyl sites for hydroxylation is 1. The van der Waals surface area contributed by atoms with Gasteiger partial charge in [-0.2, -0.15) is 0 Å². The third kappa shape index (κ3) is 3.57. The van der Waals surface area contributed by atoms with Crippen LogP contribution in [0.25, 0.3) is 0 Å². The van der Waals surface area contributed by atoms with E-state index in [1.165, 1.54) is 49.8 Å². The first-order chi connectivity index (χ1) is 8.27. The normalized spacial score (nSPS) is 18.5. The van der Waals surface area contributed by atoms with Crippen molar-refractivity contribution in [3.63, 3.8) is 0 Å². The predicted octanol–water partition coefficient (Wildman–Crippen LogP) is 4.23. The monoisotopic (exact) mass is 231 g/mol. The molecule has 2 rings (SSSR count). The molecule has 1 heteroatoms. The van der Waals surface area contributed by atoms with Gasteiger partial charge < -0.3 is 5.32 Å². The largest absolute Gasteiger partial charge is 0.310 e. The summed E-state index contributed by atoms with van der Waals surface area (Å²) in [6.07, 6.45) is 7.19. The molecular weight excluding hydrogens is 206 g/mol. The Morgan fingerprint density at radius 3 is 2.65 bits per heavy atom. The summed E-state index contributed by atoms with van der Waals surface area (Å²) in [7, 11) is 0. The number of hydrogen-bond donors (Lipinski definition) is 1. The summed E-state index contributed by atoms with van der Waals surface area (Å²) in [4.78, 5) is 0. The molecule has 94 valence electrons. The SMILES string of the molecule is Cc1ccccc1C(C)NCCC1CCCC1. The average molecular weight is 231 g/mol. The minimum absolute atomic E-state index is 0.484. The Bertz CT molecular complexity index is 339. The highest BCUT2D eigenvalue weighted by Gasteiger charge is 2.15. The lowest BCUT2D eigenvalue weighted by atomic mass is 10.0. The van der Waals surface area contributed by atoms with Crippen molar-refractivity contribution in [2.24, 2.45) is 5.92 Å². The van der Waals surface area contributed by atoms with E-state index in [9.17, 15) is 0 Å². The summed E-state index contributed by atoms with van der Waals surface area (Å²) in [5.74, 6) is 0.992. The van der Waals surface area contributed by atoms with Crippen molar-refractivity contribution >= 4 is 0 Å². The molecule has 0 bridgehead atoms. The van der Waals surface area contributed by atoms with Gasteiger partial charge in [0.25, 0.3) is 0 Å². The second-order valence-electron chi connectivity index (χ2n) is 5.47. The highest BCUT2D eigenvalue weighted by Crippen LogP contribution is 2.27. The van der Waals surface area contributed by atoms with Crippen LogP contribution in [0.2, 0.25) is 0 Å². The summed E-state index contributed by atoms with van der Waals surface area (Å²) >= 11 is 0. The number of benzene rings is 1. The van der Waals surface area contributed by atoms with Crippen molar-refractivity contribution in [1.82, 2.24) is 5.32 Å². The second-order valence-corrected chi connectivity index (χ2v) is 5.47. The van der Waals surface area contributed by atoms with Crippen LogP contribution in [0.5, 0.6) is 0 Å². The first kappa shape index (κ1) is 12.6. The lowest BCUT2D eigenvalue weighted by molar-refractivity contribution is 0.454. The molecule has 1 fully saturated rings. The number of hydrogen-bond acceptors (Lipinski definition) is 1. The first-order valence-corrected chi connectivity index (χ1v) is 7.06. The predicted molar refractivity (Wildman–Crippen MR) is 74.2 cm³/mol. The maximum absolute atomic E-state index is 3.67. The van der Waals surface area contributed by atoms with Crippen LogP contribution in [-0.2, 0) is 0 Å². The molecule has 0 heterocycles. The topological polar surface area (TPSA) is 12.0 Å². The van der Waals surface area contributed by atoms with Gasteiger partial charge in [0, 0.05) is 6.04 Å². The zero-order chi connectivity index (χ0) is 12.1. The number of rotatable bonds is 5. The molecule has 1 aromatic carbocycles. The maximum Gasteiger partial charge on any atom is 0.0294 e. The average Bonchev–Trinajstić information content (AvgIpc) is 2.82. The Labute approximate surface area is 106 Å². The number of nitrogens with one attached hydrogen (secondary N) is 1. The molecule has 0 aromatic heterocycles. The van der Waals surface area contributed by atoms with Crippen LogP contribution in [0.4, 0.5) is 0 Å². The molecule has 1 aliphatic carbocycles. The summed E-state index contributed by atoms with van der Waals surface area (Å²) in [6.45, 7) is 5.64. The van der Waals surface area contributed by atoms with Crippen LogP contribution in [0.3, 0.4) is 0 Å². The van der Waals surface area contributed by atoms with E-state index in [4.69, 9.17) is 0 Å². The first-order valence-electron chi connectivity index (χ1n) is 7.06. The van der Waals surface area contributed by atoms with E-state index in [2.05, 4.69) is 43.4 Å². The van der Waals surface area contributed by atoms with Crippen molar-refractivity contribution < 1.29 is 0 Å². The van der Waals surface area contributed by atoms with Gasteiger partial charge in [0.2, 0.25) is 0 Å². The Hall–Kier alpha value is -0.820. The Kier molecular flexibility index (Phi) is 4.61. The van der Waals surface area contributed by atoms with Crippen molar-refractivity contribution in [2.75, 3.05) is 6.54 Å². The van der Waals surface area contributed by atoms with Gasteiger partial charge in [-0.15, -0.1) is 0 Å². The van der Waals surface area contributed by atoms with E-state index in [1.54, 1.807) is 0 Å². The van der Waals surface area contributed by atoms with Crippen LogP contribution in [0.15, 0.2) is 24.3 Å². The minimum Gasteiger partial charge on any atom is -0.310 e. The summed E-state index contributed by atoms with van der Waals surface area (Å²) in [6, 6.07) is 9.17. The van der Waals surface area contributed by atoms with Gasteiger partial charge in [0.15, 0.2) is 0 Å². The molecule has 0 saturated heterocycles. The van der Waals surface area contributed by atoms with Gasteiger partial charge in [-0.1, -0.05) is 49.9 Å². The minimum atomic E-state index is 0.484. The van der Waals surface area contributed by atoms with Gasteiger partial charge in [-0.05, 0) is 43.9 Å². The molecule has 0 aliphatic heterocycles. The fourth-order valence-corrected chi connectivity index (χ4v) is 2.99. The van der Waals surface area contributed by atoms with Crippen LogP contribution in [0.1, 0.15) is 56.2 Å². The molecule has 1 aromatic rings. The molecular formula is C16H25N. The fraction of sp³-hybridized carbons (Fsp3) is 0.625. The smallest absolute Gasteiger partial charge is 0.0294 e. The molecule has 1 atom stereocenters. The van der Waals surface area contributed by atoms with Crippen molar-refractivity contribution in [3.05, 3.63) is 35.4 Å². The molecule has 1 nitrogen and oxygen atoms in total. The van der Waals surface area contributed by atoms with E-state index in [0.717, 1.165) is 5.92 Å². The lowest BCUT2D eigenvalue weighted by Crippen LogP contribution is -2.22. The van der Waals surface area contributed by atoms with Crippen LogP contribution in [0, 0.1) is 12.8 Å². The summed E-state index contributed by atoms with van der Waals surface area (Å²) < 4.78 is 0. The highest BCUT2D eigenvalue weighted by atomic mass is 14.9. The zero-order valence-electron chi connectivity index (χ0n) is 11.2. The Morgan fingerprint density at radius 2 is 1.94 bits per heavy atom. The highest BCUT2D eigenvalue weighted by molar-refractivity contribution is 5.28. The van der Waals surface area contributed by atoms with E-state index in [0.29, 0.717) is 6.04 Å². The van der Waals surface area contributed by atoms with Gasteiger partial charge >= 0.3 is 0 Å². The van der Waals surface area contributed by atoms with Crippen LogP contribution < -0.4 is 5.32 Å². The Morgan fingerprint density at radius 1 is 1.24 bits per heavy atom. The zero-order valence-corrected chi connectivity index (χ0v) is 11.2. The molecule has 1 N–H and O–H groups in total. The van der Waals surface area contributed by atoms with Gasteiger partial charge in [-0.25, -0.2) is 0 Å². The second kappa shape index (κ2) is 6.20. The molecule has 1 unspecified atom stereocenters. The third-order valence-corrected chi connectivity index (χ3v) is 4.13. The van der Waals surface area contributed by atoms with Gasteiger partial charge in [-0.3, -0.25) is 0 Å². The van der Waals surface area contributed by atoms with E-state index in [-0.39, 0.29) is 0 Å². The van der Waals surface area contributed by atoms with E-state index < -0.39 is 0 Å².